The molecule has 1 aromatic heterocycles. The molecule has 4 heteroatoms. The van der Waals surface area contributed by atoms with Crippen LogP contribution in [0, 0.1) is 30.1 Å². The molecule has 0 bridgehead atoms. The van der Waals surface area contributed by atoms with E-state index >= 15 is 0 Å². The van der Waals surface area contributed by atoms with E-state index in [1.165, 1.54) is 31.3 Å². The van der Waals surface area contributed by atoms with Gasteiger partial charge in [0.15, 0.2) is 0 Å². The highest BCUT2D eigenvalue weighted by molar-refractivity contribution is 5.39. The van der Waals surface area contributed by atoms with Crippen molar-refractivity contribution in [3.8, 4) is 0 Å². The summed E-state index contributed by atoms with van der Waals surface area (Å²) < 4.78 is 5.76. The second-order valence-electron chi connectivity index (χ2n) is 12.5. The first kappa shape index (κ1) is 25.8. The van der Waals surface area contributed by atoms with E-state index in [1.807, 2.05) is 13.0 Å². The Morgan fingerprint density at radius 1 is 1.14 bits per heavy atom. The summed E-state index contributed by atoms with van der Waals surface area (Å²) >= 11 is 0. The molecule has 1 heterocycles. The third-order valence-corrected chi connectivity index (χ3v) is 10.1. The van der Waals surface area contributed by atoms with E-state index in [1.54, 1.807) is 6.26 Å². The van der Waals surface area contributed by atoms with Crippen LogP contribution in [-0.2, 0) is 5.41 Å². The van der Waals surface area contributed by atoms with Crippen molar-refractivity contribution < 1.29 is 19.7 Å². The molecular weight excluding hydrogens is 448 g/mol. The Morgan fingerprint density at radius 3 is 2.61 bits per heavy atom. The fraction of sp³-hybridized carbons (Fsp3) is 0.625. The van der Waals surface area contributed by atoms with Gasteiger partial charge in [-0.2, -0.15) is 0 Å². The normalized spacial score (nSPS) is 38.0. The molecule has 3 N–H and O–H groups in total. The van der Waals surface area contributed by atoms with Crippen molar-refractivity contribution in [1.82, 2.24) is 0 Å². The minimum atomic E-state index is -0.638. The molecule has 0 radical (unpaired) electrons. The van der Waals surface area contributed by atoms with Crippen LogP contribution in [0.1, 0.15) is 83.0 Å². The average Bonchev–Trinajstić information content (AvgIpc) is 3.41. The molecule has 4 aliphatic rings. The van der Waals surface area contributed by atoms with E-state index in [9.17, 15) is 15.3 Å². The summed E-state index contributed by atoms with van der Waals surface area (Å²) in [4.78, 5) is 0. The molecule has 4 nitrogen and oxygen atoms in total. The summed E-state index contributed by atoms with van der Waals surface area (Å²) in [6.07, 6.45) is 17.8. The van der Waals surface area contributed by atoms with Crippen LogP contribution in [0.5, 0.6) is 0 Å². The minimum absolute atomic E-state index is 0.231. The molecule has 7 atom stereocenters. The fourth-order valence-corrected chi connectivity index (χ4v) is 7.72. The zero-order chi connectivity index (χ0) is 25.7. The van der Waals surface area contributed by atoms with Gasteiger partial charge < -0.3 is 19.7 Å². The molecule has 196 valence electrons. The van der Waals surface area contributed by atoms with Gasteiger partial charge in [0.1, 0.15) is 5.76 Å². The topological polar surface area (TPSA) is 73.8 Å². The van der Waals surface area contributed by atoms with Gasteiger partial charge in [-0.3, -0.25) is 0 Å². The monoisotopic (exact) mass is 492 g/mol. The maximum absolute atomic E-state index is 11.1. The lowest BCUT2D eigenvalue weighted by Gasteiger charge is -2.44. The van der Waals surface area contributed by atoms with Crippen LogP contribution in [0.4, 0.5) is 0 Å². The van der Waals surface area contributed by atoms with Crippen LogP contribution in [0.3, 0.4) is 0 Å². The van der Waals surface area contributed by atoms with Gasteiger partial charge in [0.25, 0.3) is 0 Å². The highest BCUT2D eigenvalue weighted by Gasteiger charge is 2.53. The van der Waals surface area contributed by atoms with Gasteiger partial charge in [-0.05, 0) is 104 Å². The van der Waals surface area contributed by atoms with E-state index < -0.39 is 18.3 Å². The first-order valence-corrected chi connectivity index (χ1v) is 14.0. The number of hydrogen-bond donors (Lipinski definition) is 3. The van der Waals surface area contributed by atoms with Crippen molar-refractivity contribution >= 4 is 0 Å². The molecule has 4 aliphatic carbocycles. The molecule has 0 aliphatic heterocycles. The van der Waals surface area contributed by atoms with Gasteiger partial charge in [0.05, 0.1) is 30.0 Å². The largest absolute Gasteiger partial charge is 0.468 e. The second kappa shape index (κ2) is 9.78. The molecule has 4 fully saturated rings. The number of furan rings is 1. The molecule has 0 aromatic carbocycles. The fourth-order valence-electron chi connectivity index (χ4n) is 7.72. The van der Waals surface area contributed by atoms with Crippen molar-refractivity contribution in [3.63, 3.8) is 0 Å². The lowest BCUT2D eigenvalue weighted by Crippen LogP contribution is -2.35. The molecule has 1 aromatic rings. The Bertz CT molecular complexity index is 1070. The van der Waals surface area contributed by atoms with Crippen LogP contribution in [0.25, 0.3) is 0 Å². The van der Waals surface area contributed by atoms with Crippen LogP contribution in [-0.4, -0.2) is 33.6 Å². The Balaban J connectivity index is 1.29. The Hall–Kier alpha value is -1.88. The number of aryl methyl sites for hydroxylation is 1. The standard InChI is InChI=1S/C32H44O4/c1-20-16-30(36-19-20)32(14-15-32)29(35)12-7-21(2)26-10-11-27-23(6-5-13-31(26,27)4)8-9-24-17-25(33)18-28(34)22(24)3/h7-9,12,16,19,21,25-29,33-35H,3,5-6,10-11,13-15,17-18H2,1-2,4H3/t21-,25-,26-,27+,28+,29-,31-/m1/s1. The van der Waals surface area contributed by atoms with Crippen molar-refractivity contribution in [2.24, 2.45) is 23.2 Å². The summed E-state index contributed by atoms with van der Waals surface area (Å²) in [7, 11) is 0. The van der Waals surface area contributed by atoms with Crippen LogP contribution in [0.15, 0.2) is 64.3 Å². The summed E-state index contributed by atoms with van der Waals surface area (Å²) in [5.74, 6) is 2.50. The van der Waals surface area contributed by atoms with E-state index in [0.717, 1.165) is 41.7 Å². The predicted molar refractivity (Wildman–Crippen MR) is 143 cm³/mol. The molecule has 0 unspecified atom stereocenters. The third kappa shape index (κ3) is 4.61. The predicted octanol–water partition coefficient (Wildman–Crippen LogP) is 6.31. The average molecular weight is 493 g/mol. The summed E-state index contributed by atoms with van der Waals surface area (Å²) in [6, 6.07) is 2.07. The smallest absolute Gasteiger partial charge is 0.113 e. The van der Waals surface area contributed by atoms with Gasteiger partial charge >= 0.3 is 0 Å². The van der Waals surface area contributed by atoms with Gasteiger partial charge in [0, 0.05) is 6.42 Å². The van der Waals surface area contributed by atoms with Crippen LogP contribution >= 0.6 is 0 Å². The summed E-state index contributed by atoms with van der Waals surface area (Å²) in [6.45, 7) is 10.9. The SMILES string of the molecule is C=C1C(=CC=C2CCC[C@]3(C)[C@@H]([C@H](C)C=C[C@@H](O)C4(c5cc(C)co5)CC4)CC[C@@H]23)C[C@@H](O)C[C@@H]1O. The lowest BCUT2D eigenvalue weighted by atomic mass is 9.61. The zero-order valence-corrected chi connectivity index (χ0v) is 22.2. The number of fused-ring (bicyclic) bond motifs is 1. The zero-order valence-electron chi connectivity index (χ0n) is 22.2. The van der Waals surface area contributed by atoms with E-state index in [-0.39, 0.29) is 10.8 Å². The van der Waals surface area contributed by atoms with E-state index in [0.29, 0.717) is 30.6 Å². The summed E-state index contributed by atoms with van der Waals surface area (Å²) in [5, 5.41) is 31.4. The Labute approximate surface area is 216 Å². The van der Waals surface area contributed by atoms with Gasteiger partial charge in [-0.15, -0.1) is 0 Å². The Kier molecular flexibility index (Phi) is 6.99. The van der Waals surface area contributed by atoms with Gasteiger partial charge in [-0.25, -0.2) is 0 Å². The molecule has 36 heavy (non-hydrogen) atoms. The number of aliphatic hydroxyl groups is 3. The lowest BCUT2D eigenvalue weighted by molar-refractivity contribution is 0.0862. The third-order valence-electron chi connectivity index (χ3n) is 10.1. The molecule has 0 spiro atoms. The van der Waals surface area contributed by atoms with E-state index in [2.05, 4.69) is 44.7 Å². The van der Waals surface area contributed by atoms with Crippen LogP contribution < -0.4 is 0 Å². The number of allylic oxidation sites excluding steroid dienone is 4. The number of hydrogen-bond acceptors (Lipinski definition) is 4. The van der Waals surface area contributed by atoms with Crippen molar-refractivity contribution in [3.05, 3.63) is 71.3 Å². The maximum atomic E-state index is 11.1. The van der Waals surface area contributed by atoms with Crippen molar-refractivity contribution in [2.45, 2.75) is 102 Å². The quantitative estimate of drug-likeness (QED) is 0.407. The van der Waals surface area contributed by atoms with Crippen molar-refractivity contribution in [1.29, 1.82) is 0 Å². The molecule has 0 saturated heterocycles. The van der Waals surface area contributed by atoms with Gasteiger partial charge in [0.2, 0.25) is 0 Å². The molecule has 0 amide bonds. The van der Waals surface area contributed by atoms with Gasteiger partial charge in [-0.1, -0.05) is 50.3 Å². The highest BCUT2D eigenvalue weighted by Crippen LogP contribution is 2.60. The first-order chi connectivity index (χ1) is 17.1. The number of aliphatic hydroxyl groups excluding tert-OH is 3. The minimum Gasteiger partial charge on any atom is -0.468 e. The second-order valence-corrected chi connectivity index (χ2v) is 12.5. The first-order valence-electron chi connectivity index (χ1n) is 14.0. The van der Waals surface area contributed by atoms with Crippen molar-refractivity contribution in [2.75, 3.05) is 0 Å². The maximum Gasteiger partial charge on any atom is 0.113 e. The molecule has 5 rings (SSSR count). The Morgan fingerprint density at radius 2 is 1.92 bits per heavy atom. The molecular formula is C32H44O4. The summed E-state index contributed by atoms with van der Waals surface area (Å²) in [5.41, 5.74) is 4.41. The van der Waals surface area contributed by atoms with E-state index in [4.69, 9.17) is 4.42 Å². The number of rotatable bonds is 6. The highest BCUT2D eigenvalue weighted by atomic mass is 16.3. The van der Waals surface area contributed by atoms with Crippen LogP contribution in [0.2, 0.25) is 0 Å². The molecule has 4 saturated carbocycles.